The number of rotatable bonds is 3. The van der Waals surface area contributed by atoms with E-state index < -0.39 is 18.0 Å². The van der Waals surface area contributed by atoms with Gasteiger partial charge in [0.25, 0.3) is 0 Å². The van der Waals surface area contributed by atoms with Crippen LogP contribution >= 0.6 is 0 Å². The van der Waals surface area contributed by atoms with Gasteiger partial charge in [0, 0.05) is 7.05 Å². The molecule has 1 rings (SSSR count). The van der Waals surface area contributed by atoms with E-state index in [0.717, 1.165) is 0 Å². The molecule has 2 amide bonds. The molecule has 5 nitrogen and oxygen atoms in total. The lowest BCUT2D eigenvalue weighted by Crippen LogP contribution is -2.39. The highest BCUT2D eigenvalue weighted by Crippen LogP contribution is 2.13. The zero-order chi connectivity index (χ0) is 12.0. The maximum Gasteiger partial charge on any atom is 0.333 e. The fraction of sp³-hybridized carbons (Fsp3) is 0.273. The van der Waals surface area contributed by atoms with Gasteiger partial charge >= 0.3 is 12.0 Å². The van der Waals surface area contributed by atoms with E-state index in [1.165, 1.54) is 14.2 Å². The summed E-state index contributed by atoms with van der Waals surface area (Å²) in [5.74, 6) is -0.505. The second-order valence-corrected chi connectivity index (χ2v) is 3.09. The lowest BCUT2D eigenvalue weighted by Gasteiger charge is -2.16. The Morgan fingerprint density at radius 1 is 1.25 bits per heavy atom. The van der Waals surface area contributed by atoms with E-state index in [2.05, 4.69) is 15.4 Å². The maximum absolute atomic E-state index is 11.5. The van der Waals surface area contributed by atoms with Crippen LogP contribution in [0.25, 0.3) is 0 Å². The van der Waals surface area contributed by atoms with Crippen LogP contribution in [-0.2, 0) is 9.53 Å². The molecule has 0 radical (unpaired) electrons. The van der Waals surface area contributed by atoms with Crippen molar-refractivity contribution in [3.63, 3.8) is 0 Å². The van der Waals surface area contributed by atoms with Crippen molar-refractivity contribution in [3.8, 4) is 0 Å². The van der Waals surface area contributed by atoms with Gasteiger partial charge in [-0.25, -0.2) is 9.59 Å². The third-order valence-corrected chi connectivity index (χ3v) is 2.07. The first-order chi connectivity index (χ1) is 7.69. The SMILES string of the molecule is CNC(=O)NC(C(=O)OC)c1ccccc1. The molecule has 0 fully saturated rings. The molecule has 0 spiro atoms. The summed E-state index contributed by atoms with van der Waals surface area (Å²) >= 11 is 0. The normalized spacial score (nSPS) is 11.4. The largest absolute Gasteiger partial charge is 0.467 e. The number of benzene rings is 1. The Hall–Kier alpha value is -2.04. The highest BCUT2D eigenvalue weighted by molar-refractivity contribution is 5.84. The summed E-state index contributed by atoms with van der Waals surface area (Å²) in [5, 5.41) is 4.90. The van der Waals surface area contributed by atoms with Gasteiger partial charge in [0.2, 0.25) is 0 Å². The number of ether oxygens (including phenoxy) is 1. The van der Waals surface area contributed by atoms with Crippen LogP contribution in [0.1, 0.15) is 11.6 Å². The molecule has 16 heavy (non-hydrogen) atoms. The molecular weight excluding hydrogens is 208 g/mol. The van der Waals surface area contributed by atoms with Gasteiger partial charge in [-0.2, -0.15) is 0 Å². The van der Waals surface area contributed by atoms with Crippen LogP contribution in [0.4, 0.5) is 4.79 Å². The monoisotopic (exact) mass is 222 g/mol. The second-order valence-electron chi connectivity index (χ2n) is 3.09. The smallest absolute Gasteiger partial charge is 0.333 e. The Morgan fingerprint density at radius 2 is 1.88 bits per heavy atom. The van der Waals surface area contributed by atoms with Crippen molar-refractivity contribution in [3.05, 3.63) is 35.9 Å². The molecular formula is C11H14N2O3. The van der Waals surface area contributed by atoms with Crippen molar-refractivity contribution >= 4 is 12.0 Å². The predicted octanol–water partition coefficient (Wildman–Crippen LogP) is 0.830. The van der Waals surface area contributed by atoms with Gasteiger partial charge in [0.05, 0.1) is 7.11 Å². The molecule has 0 aliphatic rings. The minimum atomic E-state index is -0.786. The van der Waals surface area contributed by atoms with Gasteiger partial charge in [-0.3, -0.25) is 0 Å². The van der Waals surface area contributed by atoms with Crippen LogP contribution in [0.2, 0.25) is 0 Å². The van der Waals surface area contributed by atoms with Gasteiger partial charge in [0.1, 0.15) is 0 Å². The average Bonchev–Trinajstić information content (AvgIpc) is 2.35. The molecule has 0 aliphatic heterocycles. The van der Waals surface area contributed by atoms with Crippen molar-refractivity contribution in [2.24, 2.45) is 0 Å². The Morgan fingerprint density at radius 3 is 2.38 bits per heavy atom. The number of carbonyl (C=O) groups excluding carboxylic acids is 2. The fourth-order valence-corrected chi connectivity index (χ4v) is 1.24. The molecule has 0 aromatic heterocycles. The van der Waals surface area contributed by atoms with Gasteiger partial charge in [0.15, 0.2) is 6.04 Å². The van der Waals surface area contributed by atoms with Gasteiger partial charge < -0.3 is 15.4 Å². The van der Waals surface area contributed by atoms with E-state index in [9.17, 15) is 9.59 Å². The van der Waals surface area contributed by atoms with Crippen LogP contribution in [0.5, 0.6) is 0 Å². The van der Waals surface area contributed by atoms with Crippen molar-refractivity contribution in [2.45, 2.75) is 6.04 Å². The molecule has 1 aromatic carbocycles. The van der Waals surface area contributed by atoms with E-state index >= 15 is 0 Å². The second kappa shape index (κ2) is 5.75. The highest BCUT2D eigenvalue weighted by Gasteiger charge is 2.22. The lowest BCUT2D eigenvalue weighted by molar-refractivity contribution is -0.143. The zero-order valence-electron chi connectivity index (χ0n) is 9.19. The number of nitrogens with one attached hydrogen (secondary N) is 2. The van der Waals surface area contributed by atoms with Crippen molar-refractivity contribution in [1.29, 1.82) is 0 Å². The summed E-state index contributed by atoms with van der Waals surface area (Å²) in [6.07, 6.45) is 0. The summed E-state index contributed by atoms with van der Waals surface area (Å²) in [4.78, 5) is 22.7. The van der Waals surface area contributed by atoms with Crippen LogP contribution in [-0.4, -0.2) is 26.2 Å². The summed E-state index contributed by atoms with van der Waals surface area (Å²) in [6.45, 7) is 0. The average molecular weight is 222 g/mol. The molecule has 5 heteroatoms. The van der Waals surface area contributed by atoms with E-state index in [4.69, 9.17) is 0 Å². The molecule has 0 bridgehead atoms. The molecule has 0 saturated heterocycles. The summed E-state index contributed by atoms with van der Waals surface area (Å²) in [6, 6.07) is 7.69. The lowest BCUT2D eigenvalue weighted by atomic mass is 10.1. The first-order valence-corrected chi connectivity index (χ1v) is 4.80. The first-order valence-electron chi connectivity index (χ1n) is 4.80. The van der Waals surface area contributed by atoms with Gasteiger partial charge in [-0.05, 0) is 5.56 Å². The minimum Gasteiger partial charge on any atom is -0.467 e. The van der Waals surface area contributed by atoms with Crippen LogP contribution in [0.3, 0.4) is 0 Å². The molecule has 2 N–H and O–H groups in total. The minimum absolute atomic E-state index is 0.431. The molecule has 1 aromatic rings. The predicted molar refractivity (Wildman–Crippen MR) is 58.8 cm³/mol. The number of hydrogen-bond acceptors (Lipinski definition) is 3. The van der Waals surface area contributed by atoms with E-state index in [1.807, 2.05) is 6.07 Å². The zero-order valence-corrected chi connectivity index (χ0v) is 9.19. The van der Waals surface area contributed by atoms with Gasteiger partial charge in [-0.15, -0.1) is 0 Å². The first kappa shape index (κ1) is 12.0. The number of urea groups is 1. The molecule has 1 atom stereocenters. The van der Waals surface area contributed by atoms with Crippen molar-refractivity contribution in [2.75, 3.05) is 14.2 Å². The van der Waals surface area contributed by atoms with E-state index in [0.29, 0.717) is 5.56 Å². The Balaban J connectivity index is 2.88. The molecule has 0 saturated carbocycles. The number of hydrogen-bond donors (Lipinski definition) is 2. The maximum atomic E-state index is 11.5. The van der Waals surface area contributed by atoms with Gasteiger partial charge in [-0.1, -0.05) is 30.3 Å². The fourth-order valence-electron chi connectivity index (χ4n) is 1.24. The summed E-state index contributed by atoms with van der Waals surface area (Å²) < 4.78 is 4.63. The third kappa shape index (κ3) is 2.98. The van der Waals surface area contributed by atoms with Crippen LogP contribution in [0.15, 0.2) is 30.3 Å². The standard InChI is InChI=1S/C11H14N2O3/c1-12-11(15)13-9(10(14)16-2)8-6-4-3-5-7-8/h3-7,9H,1-2H3,(H2,12,13,15). The number of amides is 2. The van der Waals surface area contributed by atoms with Crippen LogP contribution in [0, 0.1) is 0 Å². The van der Waals surface area contributed by atoms with Crippen LogP contribution < -0.4 is 10.6 Å². The third-order valence-electron chi connectivity index (χ3n) is 2.07. The van der Waals surface area contributed by atoms with Crippen molar-refractivity contribution < 1.29 is 14.3 Å². The van der Waals surface area contributed by atoms with E-state index in [-0.39, 0.29) is 0 Å². The van der Waals surface area contributed by atoms with E-state index in [1.54, 1.807) is 24.3 Å². The number of esters is 1. The Labute approximate surface area is 93.8 Å². The summed E-state index contributed by atoms with van der Waals surface area (Å²) in [7, 11) is 2.76. The summed E-state index contributed by atoms with van der Waals surface area (Å²) in [5.41, 5.74) is 0.679. The quantitative estimate of drug-likeness (QED) is 0.744. The Bertz CT molecular complexity index is 365. The molecule has 0 aliphatic carbocycles. The number of methoxy groups -OCH3 is 1. The Kier molecular flexibility index (Phi) is 4.32. The van der Waals surface area contributed by atoms with Crippen molar-refractivity contribution in [1.82, 2.24) is 10.6 Å². The number of carbonyl (C=O) groups is 2. The molecule has 0 heterocycles. The highest BCUT2D eigenvalue weighted by atomic mass is 16.5. The topological polar surface area (TPSA) is 67.4 Å². The molecule has 86 valence electrons. The molecule has 1 unspecified atom stereocenters.